The highest BCUT2D eigenvalue weighted by Crippen LogP contribution is 2.29. The number of aromatic nitrogens is 2. The monoisotopic (exact) mass is 320 g/mol. The van der Waals surface area contributed by atoms with Crippen LogP contribution in [0.3, 0.4) is 0 Å². The molecule has 7 heteroatoms. The first-order valence-electron chi connectivity index (χ1n) is 6.89. The second kappa shape index (κ2) is 7.02. The Morgan fingerprint density at radius 2 is 2.19 bits per heavy atom. The molecule has 1 aromatic carbocycles. The maximum absolute atomic E-state index is 12.1. The third-order valence-corrected chi connectivity index (χ3v) is 5.08. The summed E-state index contributed by atoms with van der Waals surface area (Å²) in [5.41, 5.74) is 2.54. The number of carbonyl (C=O) groups excluding carboxylic acids is 1. The fourth-order valence-corrected chi connectivity index (χ4v) is 3.67. The summed E-state index contributed by atoms with van der Waals surface area (Å²) in [6.45, 7) is 0.926. The molecule has 2 aromatic rings. The van der Waals surface area contributed by atoms with Gasteiger partial charge in [-0.25, -0.2) is 0 Å². The number of nitrogens with one attached hydrogen (secondary N) is 2. The first kappa shape index (κ1) is 14.5. The van der Waals surface area contributed by atoms with Crippen LogP contribution < -0.4 is 10.6 Å². The van der Waals surface area contributed by atoms with Gasteiger partial charge < -0.3 is 10.6 Å². The van der Waals surface area contributed by atoms with E-state index in [1.807, 2.05) is 24.3 Å². The number of benzene rings is 1. The Labute approximate surface area is 131 Å². The zero-order chi connectivity index (χ0) is 14.5. The molecule has 1 atom stereocenters. The molecule has 1 aromatic heterocycles. The summed E-state index contributed by atoms with van der Waals surface area (Å²) in [7, 11) is 0. The summed E-state index contributed by atoms with van der Waals surface area (Å²) in [6.07, 6.45) is 3.18. The Morgan fingerprint density at radius 3 is 2.86 bits per heavy atom. The van der Waals surface area contributed by atoms with Crippen LogP contribution in [-0.4, -0.2) is 28.7 Å². The Hall–Kier alpha value is -1.44. The average Bonchev–Trinajstić information content (AvgIpc) is 3.03. The van der Waals surface area contributed by atoms with Crippen molar-refractivity contribution in [2.75, 3.05) is 11.9 Å². The number of hydrogen-bond donors (Lipinski definition) is 2. The molecule has 1 saturated heterocycles. The van der Waals surface area contributed by atoms with E-state index < -0.39 is 0 Å². The van der Waals surface area contributed by atoms with Gasteiger partial charge in [-0.2, -0.15) is 0 Å². The van der Waals surface area contributed by atoms with Gasteiger partial charge in [0.05, 0.1) is 6.04 Å². The van der Waals surface area contributed by atoms with E-state index in [9.17, 15) is 4.79 Å². The molecule has 21 heavy (non-hydrogen) atoms. The van der Waals surface area contributed by atoms with Crippen LogP contribution in [0, 0.1) is 0 Å². The number of anilines is 1. The Kier molecular flexibility index (Phi) is 4.84. The van der Waals surface area contributed by atoms with Crippen molar-refractivity contribution in [1.82, 2.24) is 15.5 Å². The van der Waals surface area contributed by atoms with E-state index in [1.165, 1.54) is 11.3 Å². The number of hydrogen-bond acceptors (Lipinski definition) is 6. The van der Waals surface area contributed by atoms with Gasteiger partial charge in [0.1, 0.15) is 5.51 Å². The number of rotatable bonds is 4. The summed E-state index contributed by atoms with van der Waals surface area (Å²) >= 11 is 3.08. The van der Waals surface area contributed by atoms with Gasteiger partial charge in [0.15, 0.2) is 4.34 Å². The van der Waals surface area contributed by atoms with Crippen LogP contribution >= 0.6 is 23.1 Å². The molecular formula is C14H16N4OS2. The second-order valence-corrected chi connectivity index (χ2v) is 6.98. The number of amides is 1. The molecule has 2 heterocycles. The lowest BCUT2D eigenvalue weighted by Gasteiger charge is -2.22. The Balaban J connectivity index is 1.57. The number of nitrogens with zero attached hydrogens (tertiary/aromatic N) is 2. The lowest BCUT2D eigenvalue weighted by Crippen LogP contribution is -2.43. The standard InChI is InChI=1S/C14H16N4OS2/c19-13(12-3-1-2-8-15-12)17-10-4-6-11(7-5-10)21-14-18-16-9-20-14/h4-7,9,12,15H,1-3,8H2,(H,17,19). The van der Waals surface area contributed by atoms with Gasteiger partial charge >= 0.3 is 0 Å². The van der Waals surface area contributed by atoms with E-state index in [1.54, 1.807) is 17.3 Å². The molecule has 2 N–H and O–H groups in total. The zero-order valence-electron chi connectivity index (χ0n) is 11.4. The van der Waals surface area contributed by atoms with Crippen LogP contribution in [0.15, 0.2) is 39.0 Å². The maximum atomic E-state index is 12.1. The van der Waals surface area contributed by atoms with E-state index in [-0.39, 0.29) is 11.9 Å². The molecule has 5 nitrogen and oxygen atoms in total. The van der Waals surface area contributed by atoms with E-state index >= 15 is 0 Å². The molecule has 1 unspecified atom stereocenters. The minimum atomic E-state index is -0.0609. The average molecular weight is 320 g/mol. The van der Waals surface area contributed by atoms with Crippen molar-refractivity contribution < 1.29 is 4.79 Å². The van der Waals surface area contributed by atoms with Gasteiger partial charge in [0.25, 0.3) is 0 Å². The van der Waals surface area contributed by atoms with E-state index in [0.717, 1.165) is 40.7 Å². The lowest BCUT2D eigenvalue weighted by atomic mass is 10.0. The Morgan fingerprint density at radius 1 is 1.33 bits per heavy atom. The minimum Gasteiger partial charge on any atom is -0.325 e. The summed E-state index contributed by atoms with van der Waals surface area (Å²) in [4.78, 5) is 13.2. The van der Waals surface area contributed by atoms with E-state index in [4.69, 9.17) is 0 Å². The summed E-state index contributed by atoms with van der Waals surface area (Å²) < 4.78 is 0.915. The van der Waals surface area contributed by atoms with Crippen LogP contribution in [-0.2, 0) is 4.79 Å². The third-order valence-electron chi connectivity index (χ3n) is 3.29. The highest BCUT2D eigenvalue weighted by atomic mass is 32.2. The molecule has 3 rings (SSSR count). The topological polar surface area (TPSA) is 66.9 Å². The van der Waals surface area contributed by atoms with Crippen molar-refractivity contribution in [3.8, 4) is 0 Å². The van der Waals surface area contributed by atoms with Gasteiger partial charge in [0.2, 0.25) is 5.91 Å². The van der Waals surface area contributed by atoms with Crippen molar-refractivity contribution in [2.24, 2.45) is 0 Å². The van der Waals surface area contributed by atoms with Crippen molar-refractivity contribution >= 4 is 34.7 Å². The first-order chi connectivity index (χ1) is 10.3. The summed E-state index contributed by atoms with van der Waals surface area (Å²) in [5.74, 6) is 0.0548. The van der Waals surface area contributed by atoms with Gasteiger partial charge in [-0.15, -0.1) is 10.2 Å². The molecule has 1 aliphatic heterocycles. The SMILES string of the molecule is O=C(Nc1ccc(Sc2nncs2)cc1)C1CCCCN1. The number of piperidine rings is 1. The minimum absolute atomic E-state index is 0.0548. The largest absolute Gasteiger partial charge is 0.325 e. The molecule has 0 saturated carbocycles. The lowest BCUT2D eigenvalue weighted by molar-refractivity contribution is -0.118. The van der Waals surface area contributed by atoms with Crippen molar-refractivity contribution in [3.63, 3.8) is 0 Å². The molecule has 1 aliphatic rings. The van der Waals surface area contributed by atoms with Crippen LogP contribution in [0.5, 0.6) is 0 Å². The molecule has 0 aliphatic carbocycles. The Bertz CT molecular complexity index is 580. The fraction of sp³-hybridized carbons (Fsp3) is 0.357. The molecule has 0 bridgehead atoms. The zero-order valence-corrected chi connectivity index (χ0v) is 13.0. The molecule has 1 amide bonds. The maximum Gasteiger partial charge on any atom is 0.241 e. The van der Waals surface area contributed by atoms with Crippen molar-refractivity contribution in [1.29, 1.82) is 0 Å². The predicted molar refractivity (Wildman–Crippen MR) is 84.7 cm³/mol. The second-order valence-electron chi connectivity index (χ2n) is 4.82. The van der Waals surface area contributed by atoms with E-state index in [0.29, 0.717) is 0 Å². The molecule has 0 spiro atoms. The molecule has 0 radical (unpaired) electrons. The fourth-order valence-electron chi connectivity index (χ4n) is 2.22. The van der Waals surface area contributed by atoms with Crippen LogP contribution in [0.4, 0.5) is 5.69 Å². The normalized spacial score (nSPS) is 18.4. The third kappa shape index (κ3) is 4.03. The van der Waals surface area contributed by atoms with Gasteiger partial charge in [-0.3, -0.25) is 4.79 Å². The first-order valence-corrected chi connectivity index (χ1v) is 8.59. The highest BCUT2D eigenvalue weighted by molar-refractivity contribution is 8.01. The highest BCUT2D eigenvalue weighted by Gasteiger charge is 2.20. The van der Waals surface area contributed by atoms with Crippen molar-refractivity contribution in [3.05, 3.63) is 29.8 Å². The van der Waals surface area contributed by atoms with Gasteiger partial charge in [-0.05, 0) is 43.7 Å². The molecule has 1 fully saturated rings. The molecular weight excluding hydrogens is 304 g/mol. The van der Waals surface area contributed by atoms with Gasteiger partial charge in [0, 0.05) is 10.6 Å². The number of carbonyl (C=O) groups is 1. The van der Waals surface area contributed by atoms with Crippen LogP contribution in [0.1, 0.15) is 19.3 Å². The smallest absolute Gasteiger partial charge is 0.241 e. The van der Waals surface area contributed by atoms with Crippen LogP contribution in [0.2, 0.25) is 0 Å². The van der Waals surface area contributed by atoms with Crippen LogP contribution in [0.25, 0.3) is 0 Å². The van der Waals surface area contributed by atoms with E-state index in [2.05, 4.69) is 20.8 Å². The summed E-state index contributed by atoms with van der Waals surface area (Å²) in [5, 5.41) is 14.0. The quantitative estimate of drug-likeness (QED) is 0.907. The van der Waals surface area contributed by atoms with Gasteiger partial charge in [-0.1, -0.05) is 29.5 Å². The predicted octanol–water partition coefficient (Wildman–Crippen LogP) is 2.77. The molecule has 110 valence electrons. The summed E-state index contributed by atoms with van der Waals surface area (Å²) in [6, 6.07) is 7.74. The van der Waals surface area contributed by atoms with Crippen molar-refractivity contribution in [2.45, 2.75) is 34.5 Å².